The second kappa shape index (κ2) is 13.2. The van der Waals surface area contributed by atoms with E-state index in [4.69, 9.17) is 0 Å². The summed E-state index contributed by atoms with van der Waals surface area (Å²) in [7, 11) is 0. The smallest absolute Gasteiger partial charge is 0.00201 e. The van der Waals surface area contributed by atoms with E-state index in [-0.39, 0.29) is 0 Å². The van der Waals surface area contributed by atoms with Crippen LogP contribution in [-0.4, -0.2) is 0 Å². The van der Waals surface area contributed by atoms with Crippen molar-refractivity contribution in [2.75, 3.05) is 0 Å². The van der Waals surface area contributed by atoms with Gasteiger partial charge < -0.3 is 0 Å². The first-order valence-corrected chi connectivity index (χ1v) is 19.4. The lowest BCUT2D eigenvalue weighted by Gasteiger charge is -2.21. The minimum atomic E-state index is 1.22. The normalized spacial score (nSPS) is 11.6. The fourth-order valence-electron chi connectivity index (χ4n) is 9.26. The predicted molar refractivity (Wildman–Crippen MR) is 241 cm³/mol. The van der Waals surface area contributed by atoms with Crippen LogP contribution < -0.4 is 0 Å². The lowest BCUT2D eigenvalue weighted by molar-refractivity contribution is 1.62. The Hall–Kier alpha value is -7.28. The van der Waals surface area contributed by atoms with Crippen LogP contribution in [0.3, 0.4) is 0 Å². The van der Waals surface area contributed by atoms with Crippen LogP contribution in [-0.2, 0) is 0 Å². The van der Waals surface area contributed by atoms with E-state index in [1.807, 2.05) is 0 Å². The zero-order chi connectivity index (χ0) is 37.0. The van der Waals surface area contributed by atoms with E-state index in [2.05, 4.69) is 218 Å². The third-order valence-electron chi connectivity index (χ3n) is 11.7. The maximum Gasteiger partial charge on any atom is -0.00201 e. The van der Waals surface area contributed by atoms with Crippen molar-refractivity contribution in [2.24, 2.45) is 0 Å². The minimum Gasteiger partial charge on any atom is -0.0622 e. The summed E-state index contributed by atoms with van der Waals surface area (Å²) >= 11 is 0. The zero-order valence-electron chi connectivity index (χ0n) is 30.8. The van der Waals surface area contributed by atoms with Crippen molar-refractivity contribution < 1.29 is 0 Å². The summed E-state index contributed by atoms with van der Waals surface area (Å²) in [5.41, 5.74) is 12.5. The largest absolute Gasteiger partial charge is 0.0622 e. The molecule has 0 N–H and O–H groups in total. The van der Waals surface area contributed by atoms with E-state index >= 15 is 0 Å². The summed E-state index contributed by atoms with van der Waals surface area (Å²) < 4.78 is 0. The van der Waals surface area contributed by atoms with Gasteiger partial charge in [0, 0.05) is 0 Å². The molecule has 0 fully saturated rings. The van der Waals surface area contributed by atoms with E-state index in [9.17, 15) is 0 Å². The molecule has 0 heterocycles. The first-order valence-electron chi connectivity index (χ1n) is 19.4. The lowest BCUT2D eigenvalue weighted by Crippen LogP contribution is -1.94. The molecule has 0 bridgehead atoms. The van der Waals surface area contributed by atoms with Gasteiger partial charge in [0.05, 0.1) is 0 Å². The molecule has 0 nitrogen and oxygen atoms in total. The Morgan fingerprint density at radius 1 is 0.179 bits per heavy atom. The number of benzene rings is 11. The van der Waals surface area contributed by atoms with Gasteiger partial charge in [-0.25, -0.2) is 0 Å². The first-order chi connectivity index (χ1) is 27.8. The fraction of sp³-hybridized carbons (Fsp3) is 0. The Morgan fingerprint density at radius 2 is 0.518 bits per heavy atom. The summed E-state index contributed by atoms with van der Waals surface area (Å²) in [6, 6.07) is 80.3. The molecule has 0 unspecified atom stereocenters. The molecule has 0 aliphatic carbocycles. The molecule has 0 aliphatic heterocycles. The van der Waals surface area contributed by atoms with Gasteiger partial charge in [-0.15, -0.1) is 0 Å². The monoisotopic (exact) mass is 708 g/mol. The maximum absolute atomic E-state index is 2.38. The molecule has 11 rings (SSSR count). The van der Waals surface area contributed by atoms with Crippen LogP contribution in [0.4, 0.5) is 0 Å². The van der Waals surface area contributed by atoms with Crippen LogP contribution in [0.15, 0.2) is 218 Å². The van der Waals surface area contributed by atoms with Crippen molar-refractivity contribution in [1.82, 2.24) is 0 Å². The quantitative estimate of drug-likeness (QED) is 0.156. The van der Waals surface area contributed by atoms with Gasteiger partial charge >= 0.3 is 0 Å². The van der Waals surface area contributed by atoms with Crippen molar-refractivity contribution >= 4 is 53.9 Å². The van der Waals surface area contributed by atoms with Gasteiger partial charge in [-0.2, -0.15) is 0 Å². The molecule has 0 saturated carbocycles. The second-order valence-electron chi connectivity index (χ2n) is 14.7. The molecule has 260 valence electrons. The average molecular weight is 709 g/mol. The van der Waals surface area contributed by atoms with Crippen LogP contribution >= 0.6 is 0 Å². The third kappa shape index (κ3) is 5.08. The second-order valence-corrected chi connectivity index (χ2v) is 14.7. The average Bonchev–Trinajstić information content (AvgIpc) is 3.28. The lowest BCUT2D eigenvalue weighted by atomic mass is 9.82. The van der Waals surface area contributed by atoms with Crippen molar-refractivity contribution in [3.8, 4) is 55.6 Å². The molecular weight excluding hydrogens is 673 g/mol. The Bertz CT molecular complexity index is 3170. The maximum atomic E-state index is 2.38. The van der Waals surface area contributed by atoms with Crippen LogP contribution in [0.5, 0.6) is 0 Å². The topological polar surface area (TPSA) is 0 Å². The van der Waals surface area contributed by atoms with E-state index in [1.165, 1.54) is 109 Å². The molecule has 0 amide bonds. The number of rotatable bonds is 5. The number of hydrogen-bond acceptors (Lipinski definition) is 0. The van der Waals surface area contributed by atoms with Gasteiger partial charge in [0.1, 0.15) is 0 Å². The summed E-state index contributed by atoms with van der Waals surface area (Å²) in [6.45, 7) is 0. The van der Waals surface area contributed by atoms with Crippen LogP contribution in [0, 0.1) is 0 Å². The Kier molecular flexibility index (Phi) is 7.60. The SMILES string of the molecule is c1ccc(-c2cccc3c(-c4ccc(-c5c6ccccc6c(-c6cccc7ccccc67)c6ccccc56)c5ccccc45)ccc(-c4ccccc4)c23)cc1. The Balaban J connectivity index is 1.19. The highest BCUT2D eigenvalue weighted by Gasteiger charge is 2.21. The molecule has 11 aromatic carbocycles. The summed E-state index contributed by atoms with van der Waals surface area (Å²) in [5.74, 6) is 0. The van der Waals surface area contributed by atoms with Crippen LogP contribution in [0.25, 0.3) is 109 Å². The number of hydrogen-bond donors (Lipinski definition) is 0. The molecule has 0 heteroatoms. The van der Waals surface area contributed by atoms with Gasteiger partial charge in [0.15, 0.2) is 0 Å². The molecule has 11 aromatic rings. The molecule has 0 saturated heterocycles. The minimum absolute atomic E-state index is 1.22. The highest BCUT2D eigenvalue weighted by Crippen LogP contribution is 2.49. The van der Waals surface area contributed by atoms with E-state index in [1.54, 1.807) is 0 Å². The summed E-state index contributed by atoms with van der Waals surface area (Å²) in [4.78, 5) is 0. The van der Waals surface area contributed by atoms with E-state index < -0.39 is 0 Å². The third-order valence-corrected chi connectivity index (χ3v) is 11.7. The predicted octanol–water partition coefficient (Wildman–Crippen LogP) is 15.8. The van der Waals surface area contributed by atoms with Crippen molar-refractivity contribution in [2.45, 2.75) is 0 Å². The molecule has 0 spiro atoms. The molecule has 0 radical (unpaired) electrons. The fourth-order valence-corrected chi connectivity index (χ4v) is 9.26. The van der Waals surface area contributed by atoms with Crippen molar-refractivity contribution in [3.63, 3.8) is 0 Å². The van der Waals surface area contributed by atoms with Gasteiger partial charge in [0.25, 0.3) is 0 Å². The number of fused-ring (bicyclic) bond motifs is 5. The highest BCUT2D eigenvalue weighted by atomic mass is 14.2. The summed E-state index contributed by atoms with van der Waals surface area (Å²) in [5, 5.41) is 12.6. The Labute approximate surface area is 326 Å². The Morgan fingerprint density at radius 3 is 1.11 bits per heavy atom. The van der Waals surface area contributed by atoms with Crippen molar-refractivity contribution in [1.29, 1.82) is 0 Å². The van der Waals surface area contributed by atoms with Crippen LogP contribution in [0.2, 0.25) is 0 Å². The first kappa shape index (κ1) is 32.2. The highest BCUT2D eigenvalue weighted by molar-refractivity contribution is 6.26. The molecule has 0 aliphatic rings. The van der Waals surface area contributed by atoms with Gasteiger partial charge in [-0.3, -0.25) is 0 Å². The van der Waals surface area contributed by atoms with Crippen molar-refractivity contribution in [3.05, 3.63) is 218 Å². The molecular formula is C56H36. The van der Waals surface area contributed by atoms with E-state index in [0.717, 1.165) is 0 Å². The standard InChI is InChI=1S/C56H36/c1-3-17-38(18-4-1)41-30-16-32-48-46(34-33-42(54(41)48)39-19-5-2-6-20-39)45-35-36-53(44-25-10-9-24-43(44)45)56-51-28-13-11-26-49(51)55(50-27-12-14-29-52(50)56)47-31-15-22-37-21-7-8-23-40(37)47/h1-36H. The van der Waals surface area contributed by atoms with E-state index in [0.29, 0.717) is 0 Å². The van der Waals surface area contributed by atoms with Gasteiger partial charge in [0.2, 0.25) is 0 Å². The zero-order valence-corrected chi connectivity index (χ0v) is 30.8. The molecule has 0 atom stereocenters. The van der Waals surface area contributed by atoms with Gasteiger partial charge in [-0.1, -0.05) is 218 Å². The molecule has 56 heavy (non-hydrogen) atoms. The summed E-state index contributed by atoms with van der Waals surface area (Å²) in [6.07, 6.45) is 0. The van der Waals surface area contributed by atoms with Crippen LogP contribution in [0.1, 0.15) is 0 Å². The van der Waals surface area contributed by atoms with Gasteiger partial charge in [-0.05, 0) is 109 Å². The molecule has 0 aromatic heterocycles.